The molecule has 19 heavy (non-hydrogen) atoms. The molecule has 1 aromatic carbocycles. The summed E-state index contributed by atoms with van der Waals surface area (Å²) in [5.41, 5.74) is 2.43. The van der Waals surface area contributed by atoms with E-state index in [2.05, 4.69) is 58.1 Å². The van der Waals surface area contributed by atoms with E-state index < -0.39 is 0 Å². The molecule has 0 fully saturated rings. The molecule has 0 radical (unpaired) electrons. The van der Waals surface area contributed by atoms with Crippen molar-refractivity contribution >= 4 is 0 Å². The average Bonchev–Trinajstić information content (AvgIpc) is 2.35. The molecule has 0 bridgehead atoms. The van der Waals surface area contributed by atoms with Crippen LogP contribution in [0.1, 0.15) is 44.7 Å². The van der Waals surface area contributed by atoms with Crippen LogP contribution in [0.3, 0.4) is 0 Å². The number of rotatable bonds is 8. The van der Waals surface area contributed by atoms with Gasteiger partial charge in [0.1, 0.15) is 12.4 Å². The van der Waals surface area contributed by atoms with Gasteiger partial charge < -0.3 is 10.1 Å². The van der Waals surface area contributed by atoms with Crippen LogP contribution < -0.4 is 10.1 Å². The predicted octanol–water partition coefficient (Wildman–Crippen LogP) is 4.10. The first-order valence-corrected chi connectivity index (χ1v) is 7.43. The van der Waals surface area contributed by atoms with Crippen molar-refractivity contribution in [2.45, 2.75) is 53.5 Å². The summed E-state index contributed by atoms with van der Waals surface area (Å²) in [4.78, 5) is 0. The molecule has 0 saturated carbocycles. The molecule has 1 N–H and O–H groups in total. The molecular formula is C17H29NO. The van der Waals surface area contributed by atoms with E-state index >= 15 is 0 Å². The molecule has 0 amide bonds. The van der Waals surface area contributed by atoms with E-state index in [1.165, 1.54) is 24.0 Å². The van der Waals surface area contributed by atoms with Gasteiger partial charge in [-0.3, -0.25) is 0 Å². The van der Waals surface area contributed by atoms with Crippen LogP contribution in [0.15, 0.2) is 18.2 Å². The molecule has 1 rings (SSSR count). The highest BCUT2D eigenvalue weighted by Gasteiger charge is 2.05. The van der Waals surface area contributed by atoms with Crippen LogP contribution in [-0.4, -0.2) is 19.2 Å². The van der Waals surface area contributed by atoms with Gasteiger partial charge in [-0.05, 0) is 50.7 Å². The molecule has 108 valence electrons. The van der Waals surface area contributed by atoms with E-state index in [9.17, 15) is 0 Å². The zero-order chi connectivity index (χ0) is 14.3. The Kier molecular flexibility index (Phi) is 6.93. The molecule has 0 spiro atoms. The predicted molar refractivity (Wildman–Crippen MR) is 82.9 cm³/mol. The minimum absolute atomic E-state index is 0.573. The lowest BCUT2D eigenvalue weighted by Crippen LogP contribution is -2.30. The molecule has 0 heterocycles. The first kappa shape index (κ1) is 16.0. The van der Waals surface area contributed by atoms with Crippen molar-refractivity contribution in [3.63, 3.8) is 0 Å². The molecule has 1 atom stereocenters. The topological polar surface area (TPSA) is 21.3 Å². The summed E-state index contributed by atoms with van der Waals surface area (Å²) in [6.07, 6.45) is 2.52. The maximum atomic E-state index is 5.88. The van der Waals surface area contributed by atoms with E-state index in [0.717, 1.165) is 24.8 Å². The van der Waals surface area contributed by atoms with Crippen LogP contribution in [0.25, 0.3) is 0 Å². The summed E-state index contributed by atoms with van der Waals surface area (Å²) in [5, 5.41) is 3.52. The SMILES string of the molecule is Cc1cccc(C)c1OCCNC(C)CCC(C)C. The van der Waals surface area contributed by atoms with E-state index in [1.807, 2.05) is 0 Å². The van der Waals surface area contributed by atoms with E-state index in [-0.39, 0.29) is 0 Å². The highest BCUT2D eigenvalue weighted by molar-refractivity contribution is 5.39. The summed E-state index contributed by atoms with van der Waals surface area (Å²) in [7, 11) is 0. The van der Waals surface area contributed by atoms with E-state index in [1.54, 1.807) is 0 Å². The fourth-order valence-electron chi connectivity index (χ4n) is 2.17. The molecule has 1 aromatic rings. The number of nitrogens with one attached hydrogen (secondary N) is 1. The Morgan fingerprint density at radius 1 is 1.05 bits per heavy atom. The Hall–Kier alpha value is -1.02. The Morgan fingerprint density at radius 2 is 1.68 bits per heavy atom. The van der Waals surface area contributed by atoms with Crippen LogP contribution >= 0.6 is 0 Å². The minimum atomic E-state index is 0.573. The second kappa shape index (κ2) is 8.21. The summed E-state index contributed by atoms with van der Waals surface area (Å²) < 4.78 is 5.88. The van der Waals surface area contributed by atoms with Gasteiger partial charge in [0, 0.05) is 12.6 Å². The van der Waals surface area contributed by atoms with Gasteiger partial charge >= 0.3 is 0 Å². The molecule has 2 heteroatoms. The van der Waals surface area contributed by atoms with Gasteiger partial charge in [0.2, 0.25) is 0 Å². The third-order valence-electron chi connectivity index (χ3n) is 3.43. The number of hydrogen-bond donors (Lipinski definition) is 1. The van der Waals surface area contributed by atoms with Crippen LogP contribution in [-0.2, 0) is 0 Å². The van der Waals surface area contributed by atoms with Crippen molar-refractivity contribution < 1.29 is 4.74 Å². The molecule has 1 unspecified atom stereocenters. The van der Waals surface area contributed by atoms with Crippen LogP contribution in [0, 0.1) is 19.8 Å². The van der Waals surface area contributed by atoms with Gasteiger partial charge in [-0.2, -0.15) is 0 Å². The zero-order valence-electron chi connectivity index (χ0n) is 13.1. The summed E-state index contributed by atoms with van der Waals surface area (Å²) in [6.45, 7) is 12.6. The quantitative estimate of drug-likeness (QED) is 0.713. The molecule has 0 aliphatic heterocycles. The second-order valence-electron chi connectivity index (χ2n) is 5.90. The van der Waals surface area contributed by atoms with Gasteiger partial charge in [-0.25, -0.2) is 0 Å². The Labute approximate surface area is 118 Å². The van der Waals surface area contributed by atoms with E-state index in [0.29, 0.717) is 6.04 Å². The normalized spacial score (nSPS) is 12.7. The minimum Gasteiger partial charge on any atom is -0.492 e. The highest BCUT2D eigenvalue weighted by atomic mass is 16.5. The Balaban J connectivity index is 2.24. The van der Waals surface area contributed by atoms with Crippen LogP contribution in [0.5, 0.6) is 5.75 Å². The first-order chi connectivity index (χ1) is 9.00. The smallest absolute Gasteiger partial charge is 0.125 e. The van der Waals surface area contributed by atoms with Crippen molar-refractivity contribution in [3.05, 3.63) is 29.3 Å². The van der Waals surface area contributed by atoms with Crippen LogP contribution in [0.2, 0.25) is 0 Å². The Morgan fingerprint density at radius 3 is 2.26 bits per heavy atom. The van der Waals surface area contributed by atoms with Crippen molar-refractivity contribution in [1.29, 1.82) is 0 Å². The number of aryl methyl sites for hydroxylation is 2. The third-order valence-corrected chi connectivity index (χ3v) is 3.43. The van der Waals surface area contributed by atoms with Gasteiger partial charge in [0.05, 0.1) is 0 Å². The third kappa shape index (κ3) is 6.11. The summed E-state index contributed by atoms with van der Waals surface area (Å²) in [6, 6.07) is 6.84. The van der Waals surface area contributed by atoms with Gasteiger partial charge in [0.15, 0.2) is 0 Å². The number of para-hydroxylation sites is 1. The van der Waals surface area contributed by atoms with Crippen molar-refractivity contribution in [2.24, 2.45) is 5.92 Å². The summed E-state index contributed by atoms with van der Waals surface area (Å²) in [5.74, 6) is 1.83. The standard InChI is InChI=1S/C17H29NO/c1-13(2)9-10-16(5)18-11-12-19-17-14(3)7-6-8-15(17)4/h6-8,13,16,18H,9-12H2,1-5H3. The maximum Gasteiger partial charge on any atom is 0.125 e. The van der Waals surface area contributed by atoms with Crippen molar-refractivity contribution in [1.82, 2.24) is 5.32 Å². The second-order valence-corrected chi connectivity index (χ2v) is 5.90. The van der Waals surface area contributed by atoms with Crippen molar-refractivity contribution in [3.8, 4) is 5.75 Å². The van der Waals surface area contributed by atoms with Gasteiger partial charge in [-0.1, -0.05) is 32.0 Å². The molecule has 2 nitrogen and oxygen atoms in total. The van der Waals surface area contributed by atoms with Crippen LogP contribution in [0.4, 0.5) is 0 Å². The monoisotopic (exact) mass is 263 g/mol. The average molecular weight is 263 g/mol. The van der Waals surface area contributed by atoms with Gasteiger partial charge in [0.25, 0.3) is 0 Å². The largest absolute Gasteiger partial charge is 0.492 e. The lowest BCUT2D eigenvalue weighted by molar-refractivity contribution is 0.299. The molecule has 0 aromatic heterocycles. The number of benzene rings is 1. The zero-order valence-corrected chi connectivity index (χ0v) is 13.1. The van der Waals surface area contributed by atoms with Gasteiger partial charge in [-0.15, -0.1) is 0 Å². The summed E-state index contributed by atoms with van der Waals surface area (Å²) >= 11 is 0. The molecule has 0 saturated heterocycles. The van der Waals surface area contributed by atoms with E-state index in [4.69, 9.17) is 4.74 Å². The number of ether oxygens (including phenoxy) is 1. The van der Waals surface area contributed by atoms with Crippen molar-refractivity contribution in [2.75, 3.05) is 13.2 Å². The number of hydrogen-bond acceptors (Lipinski definition) is 2. The lowest BCUT2D eigenvalue weighted by Gasteiger charge is -2.16. The molecule has 0 aliphatic rings. The first-order valence-electron chi connectivity index (χ1n) is 7.43. The maximum absolute atomic E-state index is 5.88. The fraction of sp³-hybridized carbons (Fsp3) is 0.647. The lowest BCUT2D eigenvalue weighted by atomic mass is 10.0. The molecule has 0 aliphatic carbocycles. The highest BCUT2D eigenvalue weighted by Crippen LogP contribution is 2.21. The Bertz CT molecular complexity index is 353. The molecular weight excluding hydrogens is 234 g/mol. The fourth-order valence-corrected chi connectivity index (χ4v) is 2.17.